The fraction of sp³-hybridized carbons (Fsp3) is 0.0667. The molecule has 0 spiro atoms. The van der Waals surface area contributed by atoms with Crippen molar-refractivity contribution >= 4 is 28.9 Å². The minimum absolute atomic E-state index is 0.0884. The van der Waals surface area contributed by atoms with Gasteiger partial charge in [-0.1, -0.05) is 30.3 Å². The third kappa shape index (κ3) is 3.93. The van der Waals surface area contributed by atoms with Crippen LogP contribution in [0, 0.1) is 6.92 Å². The first kappa shape index (κ1) is 14.8. The van der Waals surface area contributed by atoms with E-state index in [1.54, 1.807) is 12.1 Å². The molecule has 0 saturated carbocycles. The second-order valence-corrected chi connectivity index (χ2v) is 4.77. The summed E-state index contributed by atoms with van der Waals surface area (Å²) >= 11 is 5.10. The molecule has 4 N–H and O–H groups in total. The van der Waals surface area contributed by atoms with Crippen LogP contribution < -0.4 is 16.2 Å². The van der Waals surface area contributed by atoms with Gasteiger partial charge in [-0.05, 0) is 42.9 Å². The highest BCUT2D eigenvalue weighted by Gasteiger charge is 2.10. The van der Waals surface area contributed by atoms with Gasteiger partial charge in [0.25, 0.3) is 5.91 Å². The number of benzene rings is 2. The van der Waals surface area contributed by atoms with Gasteiger partial charge in [0.1, 0.15) is 5.75 Å². The molecule has 2 aromatic carbocycles. The first-order chi connectivity index (χ1) is 10.1. The van der Waals surface area contributed by atoms with Gasteiger partial charge in [0.2, 0.25) is 0 Å². The Balaban J connectivity index is 1.91. The number of phenolic OH excluding ortho intramolecular Hbond substituents is 1. The summed E-state index contributed by atoms with van der Waals surface area (Å²) in [7, 11) is 0. The summed E-state index contributed by atoms with van der Waals surface area (Å²) in [6, 6.07) is 13.9. The van der Waals surface area contributed by atoms with Gasteiger partial charge < -0.3 is 10.4 Å². The van der Waals surface area contributed by atoms with Crippen LogP contribution in [0.15, 0.2) is 48.5 Å². The molecule has 0 radical (unpaired) electrons. The molecular weight excluding hydrogens is 286 g/mol. The number of amides is 1. The number of carbonyl (C=O) groups excluding carboxylic acids is 1. The third-order valence-electron chi connectivity index (χ3n) is 2.83. The maximum absolute atomic E-state index is 11.9. The van der Waals surface area contributed by atoms with Crippen molar-refractivity contribution in [1.82, 2.24) is 10.9 Å². The number of hydrogen-bond acceptors (Lipinski definition) is 3. The average Bonchev–Trinajstić information content (AvgIpc) is 2.48. The molecule has 0 aromatic heterocycles. The number of hydrazine groups is 1. The summed E-state index contributed by atoms with van der Waals surface area (Å²) in [4.78, 5) is 11.9. The maximum Gasteiger partial charge on any atom is 0.273 e. The van der Waals surface area contributed by atoms with Gasteiger partial charge >= 0.3 is 0 Å². The van der Waals surface area contributed by atoms with Crippen molar-refractivity contribution in [3.8, 4) is 5.75 Å². The Morgan fingerprint density at radius 3 is 2.43 bits per heavy atom. The number of anilines is 1. The highest BCUT2D eigenvalue weighted by atomic mass is 32.1. The molecule has 2 aromatic rings. The van der Waals surface area contributed by atoms with Crippen LogP contribution in [0.4, 0.5) is 5.69 Å². The zero-order valence-electron chi connectivity index (χ0n) is 11.4. The van der Waals surface area contributed by atoms with E-state index in [1.807, 2.05) is 31.2 Å². The van der Waals surface area contributed by atoms with E-state index in [4.69, 9.17) is 12.2 Å². The molecule has 108 valence electrons. The van der Waals surface area contributed by atoms with Crippen LogP contribution in [-0.4, -0.2) is 16.1 Å². The lowest BCUT2D eigenvalue weighted by atomic mass is 10.2. The number of phenols is 1. The van der Waals surface area contributed by atoms with Crippen molar-refractivity contribution < 1.29 is 9.90 Å². The van der Waals surface area contributed by atoms with Crippen LogP contribution in [0.1, 0.15) is 15.9 Å². The lowest BCUT2D eigenvalue weighted by Gasteiger charge is -2.13. The smallest absolute Gasteiger partial charge is 0.273 e. The van der Waals surface area contributed by atoms with Gasteiger partial charge in [0.05, 0.1) is 5.56 Å². The molecule has 1 amide bonds. The minimum atomic E-state index is -0.470. The van der Waals surface area contributed by atoms with Crippen LogP contribution in [0.5, 0.6) is 5.75 Å². The number of carbonyl (C=O) groups is 1. The van der Waals surface area contributed by atoms with Crippen molar-refractivity contribution in [1.29, 1.82) is 0 Å². The SMILES string of the molecule is Cc1ccccc1NC(=S)NNC(=O)c1ccccc1O. The maximum atomic E-state index is 11.9. The van der Waals surface area contributed by atoms with Gasteiger partial charge in [0.15, 0.2) is 5.11 Å². The van der Waals surface area contributed by atoms with E-state index in [0.29, 0.717) is 0 Å². The summed E-state index contributed by atoms with van der Waals surface area (Å²) in [6.45, 7) is 1.95. The van der Waals surface area contributed by atoms with Crippen molar-refractivity contribution in [3.05, 3.63) is 59.7 Å². The van der Waals surface area contributed by atoms with Crippen LogP contribution in [0.25, 0.3) is 0 Å². The van der Waals surface area contributed by atoms with Gasteiger partial charge in [-0.25, -0.2) is 0 Å². The quantitative estimate of drug-likeness (QED) is 0.506. The van der Waals surface area contributed by atoms with Crippen LogP contribution in [0.3, 0.4) is 0 Å². The number of para-hydroxylation sites is 2. The van der Waals surface area contributed by atoms with E-state index in [2.05, 4.69) is 16.2 Å². The topological polar surface area (TPSA) is 73.4 Å². The Morgan fingerprint density at radius 1 is 1.05 bits per heavy atom. The minimum Gasteiger partial charge on any atom is -0.507 e. The van der Waals surface area contributed by atoms with Crippen LogP contribution >= 0.6 is 12.2 Å². The van der Waals surface area contributed by atoms with E-state index in [-0.39, 0.29) is 16.4 Å². The zero-order chi connectivity index (χ0) is 15.2. The molecule has 0 aliphatic rings. The highest BCUT2D eigenvalue weighted by Crippen LogP contribution is 2.15. The molecule has 0 heterocycles. The zero-order valence-corrected chi connectivity index (χ0v) is 12.2. The number of nitrogens with one attached hydrogen (secondary N) is 3. The summed E-state index contributed by atoms with van der Waals surface area (Å²) in [5.74, 6) is -0.559. The molecule has 21 heavy (non-hydrogen) atoms. The molecule has 0 bridgehead atoms. The van der Waals surface area contributed by atoms with Crippen molar-refractivity contribution in [2.24, 2.45) is 0 Å². The summed E-state index contributed by atoms with van der Waals surface area (Å²) < 4.78 is 0. The van der Waals surface area contributed by atoms with E-state index in [1.165, 1.54) is 12.1 Å². The van der Waals surface area contributed by atoms with E-state index < -0.39 is 5.91 Å². The molecule has 0 saturated heterocycles. The second-order valence-electron chi connectivity index (χ2n) is 4.37. The number of thiocarbonyl (C=S) groups is 1. The Kier molecular flexibility index (Phi) is 4.73. The third-order valence-corrected chi connectivity index (χ3v) is 3.04. The lowest BCUT2D eigenvalue weighted by molar-refractivity contribution is 0.0941. The lowest BCUT2D eigenvalue weighted by Crippen LogP contribution is -2.43. The van der Waals surface area contributed by atoms with Crippen molar-refractivity contribution in [3.63, 3.8) is 0 Å². The molecule has 2 rings (SSSR count). The Hall–Kier alpha value is -2.60. The monoisotopic (exact) mass is 301 g/mol. The van der Waals surface area contributed by atoms with Gasteiger partial charge in [-0.15, -0.1) is 0 Å². The predicted octanol–water partition coefficient (Wildman–Crippen LogP) is 2.33. The molecule has 0 atom stereocenters. The predicted molar refractivity (Wildman–Crippen MR) is 86.1 cm³/mol. The molecule has 6 heteroatoms. The number of rotatable bonds is 2. The van der Waals surface area contributed by atoms with Crippen molar-refractivity contribution in [2.75, 3.05) is 5.32 Å². The average molecular weight is 301 g/mol. The molecule has 0 fully saturated rings. The standard InChI is InChI=1S/C15H15N3O2S/c1-10-6-2-4-8-12(10)16-15(21)18-17-14(20)11-7-3-5-9-13(11)19/h2-9,19H,1H3,(H,17,20)(H2,16,18,21). The van der Waals surface area contributed by atoms with Crippen LogP contribution in [0.2, 0.25) is 0 Å². The number of hydrogen-bond donors (Lipinski definition) is 4. The Labute approximate surface area is 128 Å². The molecule has 5 nitrogen and oxygen atoms in total. The summed E-state index contributed by atoms with van der Waals surface area (Å²) in [5.41, 5.74) is 7.08. The fourth-order valence-electron chi connectivity index (χ4n) is 1.71. The summed E-state index contributed by atoms with van der Waals surface area (Å²) in [5, 5.41) is 12.8. The molecule has 0 aliphatic heterocycles. The summed E-state index contributed by atoms with van der Waals surface area (Å²) in [6.07, 6.45) is 0. The van der Waals surface area contributed by atoms with Gasteiger partial charge in [-0.2, -0.15) is 0 Å². The first-order valence-electron chi connectivity index (χ1n) is 6.29. The first-order valence-corrected chi connectivity index (χ1v) is 6.69. The van der Waals surface area contributed by atoms with E-state index in [0.717, 1.165) is 11.3 Å². The molecular formula is C15H15N3O2S. The van der Waals surface area contributed by atoms with E-state index >= 15 is 0 Å². The fourth-order valence-corrected chi connectivity index (χ4v) is 1.87. The second kappa shape index (κ2) is 6.71. The highest BCUT2D eigenvalue weighted by molar-refractivity contribution is 7.80. The molecule has 0 unspecified atom stereocenters. The molecule has 0 aliphatic carbocycles. The number of aromatic hydroxyl groups is 1. The van der Waals surface area contributed by atoms with E-state index in [9.17, 15) is 9.90 Å². The van der Waals surface area contributed by atoms with Crippen LogP contribution in [-0.2, 0) is 0 Å². The van der Waals surface area contributed by atoms with Gasteiger partial charge in [-0.3, -0.25) is 15.6 Å². The van der Waals surface area contributed by atoms with Gasteiger partial charge in [0, 0.05) is 5.69 Å². The number of aryl methyl sites for hydroxylation is 1. The normalized spacial score (nSPS) is 9.76. The van der Waals surface area contributed by atoms with Crippen molar-refractivity contribution in [2.45, 2.75) is 6.92 Å². The Bertz CT molecular complexity index is 673. The largest absolute Gasteiger partial charge is 0.507 e. The Morgan fingerprint density at radius 2 is 1.71 bits per heavy atom.